The molecule has 0 radical (unpaired) electrons. The Morgan fingerprint density at radius 2 is 1.48 bits per heavy atom. The molecular formula is C20H19Na2O10P. The molecule has 0 N–H and O–H groups in total. The van der Waals surface area contributed by atoms with Crippen LogP contribution in [0.5, 0.6) is 23.0 Å². The first-order chi connectivity index (χ1) is 14.8. The van der Waals surface area contributed by atoms with E-state index in [2.05, 4.69) is 9.56 Å². The van der Waals surface area contributed by atoms with Gasteiger partial charge in [0.1, 0.15) is 19.2 Å². The summed E-state index contributed by atoms with van der Waals surface area (Å²) in [6.45, 7) is -0.616. The average molecular weight is 496 g/mol. The summed E-state index contributed by atoms with van der Waals surface area (Å²) in [5, 5.41) is 0.626. The van der Waals surface area contributed by atoms with Gasteiger partial charge in [0.25, 0.3) is 0 Å². The van der Waals surface area contributed by atoms with Crippen LogP contribution in [0, 0.1) is 0 Å². The smallest absolute Gasteiger partial charge is 0.788 e. The second-order valence-corrected chi connectivity index (χ2v) is 7.09. The van der Waals surface area contributed by atoms with Gasteiger partial charge in [-0.2, -0.15) is 4.89 Å². The maximum atomic E-state index is 10.4. The number of hydrogen-bond acceptors (Lipinski definition) is 10. The van der Waals surface area contributed by atoms with E-state index in [0.29, 0.717) is 39.5 Å². The van der Waals surface area contributed by atoms with E-state index in [9.17, 15) is 14.4 Å². The van der Waals surface area contributed by atoms with Crippen LogP contribution >= 0.6 is 7.82 Å². The molecular weight excluding hydrogens is 477 g/mol. The molecule has 0 aliphatic rings. The molecule has 166 valence electrons. The first kappa shape index (κ1) is 30.0. The zero-order valence-electron chi connectivity index (χ0n) is 18.9. The molecule has 0 saturated heterocycles. The van der Waals surface area contributed by atoms with Gasteiger partial charge in [-0.05, 0) is 41.5 Å². The Morgan fingerprint density at radius 3 is 2.03 bits per heavy atom. The van der Waals surface area contributed by atoms with Crippen molar-refractivity contribution in [1.82, 2.24) is 0 Å². The number of ether oxygens (including phenoxy) is 4. The molecule has 1 aromatic heterocycles. The van der Waals surface area contributed by atoms with Crippen LogP contribution in [0.15, 0.2) is 41.0 Å². The van der Waals surface area contributed by atoms with Crippen molar-refractivity contribution in [2.45, 2.75) is 0 Å². The van der Waals surface area contributed by atoms with Crippen molar-refractivity contribution in [3.8, 4) is 23.0 Å². The predicted molar refractivity (Wildman–Crippen MR) is 107 cm³/mol. The van der Waals surface area contributed by atoms with Crippen molar-refractivity contribution < 1.29 is 106 Å². The Morgan fingerprint density at radius 1 is 0.909 bits per heavy atom. The summed E-state index contributed by atoms with van der Waals surface area (Å²) in [6, 6.07) is 8.72. The Labute approximate surface area is 234 Å². The fourth-order valence-electron chi connectivity index (χ4n) is 2.84. The van der Waals surface area contributed by atoms with E-state index in [0.717, 1.165) is 5.56 Å². The van der Waals surface area contributed by atoms with Gasteiger partial charge in [0.2, 0.25) is 12.5 Å². The van der Waals surface area contributed by atoms with Gasteiger partial charge >= 0.3 is 59.1 Å². The second-order valence-electron chi connectivity index (χ2n) is 6.05. The SMILES string of the molecule is COc1cc(/C=C\c2cc(OCOOP(=O)([O-])[O-])c3ccoc3c2)cc(OC)c1OC.[Na+].[Na+]. The van der Waals surface area contributed by atoms with E-state index in [1.54, 1.807) is 36.4 Å². The number of fused-ring (bicyclic) bond motifs is 1. The summed E-state index contributed by atoms with van der Waals surface area (Å²) < 4.78 is 41.0. The zero-order chi connectivity index (χ0) is 22.4. The number of benzene rings is 2. The summed E-state index contributed by atoms with van der Waals surface area (Å²) in [6.07, 6.45) is 5.10. The molecule has 33 heavy (non-hydrogen) atoms. The predicted octanol–water partition coefficient (Wildman–Crippen LogP) is -3.25. The summed E-state index contributed by atoms with van der Waals surface area (Å²) in [4.78, 5) is 25.1. The quantitative estimate of drug-likeness (QED) is 0.0537. The average Bonchev–Trinajstić information content (AvgIpc) is 3.22. The Balaban J connectivity index is 0.00000272. The van der Waals surface area contributed by atoms with Gasteiger partial charge < -0.3 is 37.7 Å². The largest absolute Gasteiger partial charge is 1.00 e. The molecule has 0 aliphatic heterocycles. The second kappa shape index (κ2) is 13.8. The minimum Gasteiger partial charge on any atom is -0.788 e. The fourth-order valence-corrected chi connectivity index (χ4v) is 3.01. The maximum Gasteiger partial charge on any atom is 1.00 e. The van der Waals surface area contributed by atoms with Crippen LogP contribution < -0.4 is 87.8 Å². The minimum atomic E-state index is -5.26. The third-order valence-corrected chi connectivity index (χ3v) is 4.41. The molecule has 10 nitrogen and oxygen atoms in total. The van der Waals surface area contributed by atoms with E-state index in [1.165, 1.54) is 27.6 Å². The molecule has 0 spiro atoms. The van der Waals surface area contributed by atoms with Gasteiger partial charge in [-0.3, -0.25) is 0 Å². The monoisotopic (exact) mass is 496 g/mol. The maximum absolute atomic E-state index is 10.4. The van der Waals surface area contributed by atoms with Crippen molar-refractivity contribution in [1.29, 1.82) is 0 Å². The van der Waals surface area contributed by atoms with Gasteiger partial charge in [0.15, 0.2) is 11.5 Å². The summed E-state index contributed by atoms with van der Waals surface area (Å²) >= 11 is 0. The van der Waals surface area contributed by atoms with Crippen molar-refractivity contribution >= 4 is 30.9 Å². The topological polar surface area (TPSA) is 132 Å². The summed E-state index contributed by atoms with van der Waals surface area (Å²) in [5.74, 6) is 1.85. The molecule has 13 heteroatoms. The molecule has 0 amide bonds. The van der Waals surface area contributed by atoms with Gasteiger partial charge in [0.05, 0.1) is 33.0 Å². The van der Waals surface area contributed by atoms with Gasteiger partial charge in [0, 0.05) is 0 Å². The molecule has 0 bridgehead atoms. The molecule has 0 saturated carbocycles. The first-order valence-corrected chi connectivity index (χ1v) is 10.3. The van der Waals surface area contributed by atoms with E-state index >= 15 is 0 Å². The van der Waals surface area contributed by atoms with Crippen molar-refractivity contribution in [3.63, 3.8) is 0 Å². The molecule has 0 unspecified atom stereocenters. The zero-order valence-corrected chi connectivity index (χ0v) is 23.8. The summed E-state index contributed by atoms with van der Waals surface area (Å²) in [5.41, 5.74) is 2.03. The normalized spacial score (nSPS) is 11.1. The third-order valence-electron chi connectivity index (χ3n) is 4.12. The number of hydrogen-bond donors (Lipinski definition) is 0. The number of methoxy groups -OCH3 is 3. The van der Waals surface area contributed by atoms with Crippen LogP contribution in [0.4, 0.5) is 0 Å². The van der Waals surface area contributed by atoms with Crippen molar-refractivity contribution in [2.24, 2.45) is 0 Å². The molecule has 0 aliphatic carbocycles. The number of rotatable bonds is 10. The van der Waals surface area contributed by atoms with Crippen LogP contribution in [0.2, 0.25) is 0 Å². The standard InChI is InChI=1S/C20H21O10P.2Na/c1-24-18-10-14(11-19(25-2)20(18)26-3)5-4-13-8-16-15(6-7-27-16)17(9-13)28-12-29-30-31(21,22)23;;/h4-11H,12H2,1-3H3,(H2,21,22,23);;/q;2*+1/p-2/b5-4-;;. The fraction of sp³-hybridized carbons (Fsp3) is 0.200. The summed E-state index contributed by atoms with van der Waals surface area (Å²) in [7, 11) is -0.670. The van der Waals surface area contributed by atoms with Crippen LogP contribution in [-0.2, 0) is 14.1 Å². The molecule has 1 heterocycles. The van der Waals surface area contributed by atoms with Crippen molar-refractivity contribution in [3.05, 3.63) is 47.7 Å². The van der Waals surface area contributed by atoms with Crippen LogP contribution in [0.25, 0.3) is 23.1 Å². The van der Waals surface area contributed by atoms with Gasteiger partial charge in [-0.1, -0.05) is 12.2 Å². The molecule has 3 rings (SSSR count). The first-order valence-electron chi connectivity index (χ1n) is 8.80. The van der Waals surface area contributed by atoms with Crippen LogP contribution in [0.3, 0.4) is 0 Å². The Kier molecular flexibility index (Phi) is 12.5. The Hall–Kier alpha value is -1.01. The van der Waals surface area contributed by atoms with Gasteiger partial charge in [-0.15, -0.1) is 0 Å². The Bertz CT molecular complexity index is 1100. The number of furan rings is 1. The molecule has 3 aromatic rings. The van der Waals surface area contributed by atoms with Crippen LogP contribution in [-0.4, -0.2) is 28.1 Å². The van der Waals surface area contributed by atoms with Crippen molar-refractivity contribution in [2.75, 3.05) is 28.1 Å². The molecule has 2 aromatic carbocycles. The van der Waals surface area contributed by atoms with E-state index < -0.39 is 14.6 Å². The minimum absolute atomic E-state index is 0. The van der Waals surface area contributed by atoms with E-state index in [1.807, 2.05) is 6.08 Å². The van der Waals surface area contributed by atoms with Gasteiger partial charge in [-0.25, -0.2) is 4.67 Å². The van der Waals surface area contributed by atoms with Crippen LogP contribution in [0.1, 0.15) is 11.1 Å². The van der Waals surface area contributed by atoms with E-state index in [-0.39, 0.29) is 59.1 Å². The third kappa shape index (κ3) is 8.31. The van der Waals surface area contributed by atoms with E-state index in [4.69, 9.17) is 23.4 Å². The molecule has 0 atom stereocenters. The molecule has 0 fully saturated rings. The number of phosphoric acid groups is 1.